The van der Waals surface area contributed by atoms with Crippen LogP contribution in [0.5, 0.6) is 0 Å². The molecule has 0 N–H and O–H groups in total. The molecule has 3 aliphatic rings. The van der Waals surface area contributed by atoms with Gasteiger partial charge in [-0.3, -0.25) is 4.79 Å². The number of aromatic nitrogens is 1. The third-order valence-electron chi connectivity index (χ3n) is 8.23. The molecule has 2 saturated heterocycles. The highest BCUT2D eigenvalue weighted by Crippen LogP contribution is 2.41. The Labute approximate surface area is 189 Å². The quantitative estimate of drug-likeness (QED) is 0.577. The van der Waals surface area contributed by atoms with Gasteiger partial charge in [0, 0.05) is 51.6 Å². The fourth-order valence-electron chi connectivity index (χ4n) is 6.58. The normalized spacial score (nSPS) is 26.4. The van der Waals surface area contributed by atoms with E-state index in [9.17, 15) is 4.79 Å². The molecule has 0 radical (unpaired) electrons. The first-order chi connectivity index (χ1) is 15.2. The van der Waals surface area contributed by atoms with Crippen LogP contribution in [0.25, 0.3) is 0 Å². The molecule has 4 rings (SSSR count). The lowest BCUT2D eigenvalue weighted by Gasteiger charge is -2.46. The van der Waals surface area contributed by atoms with Crippen LogP contribution < -0.4 is 0 Å². The standard InChI is InChI=1S/C26H43N3O2/c1-31-19-18-29(21-23-10-9-17-28-16-6-3-11-24(23)28)25(30)20-26(12-4-2-5-13-26)22-27-14-7-8-15-27/h7-8,14-15,23-24H,2-6,9-13,16-22H2,1H3/t23-,24+/m0/s1. The Morgan fingerprint density at radius 1 is 1.03 bits per heavy atom. The number of piperidine rings is 2. The number of carbonyl (C=O) groups excluding carboxylic acids is 1. The molecule has 31 heavy (non-hydrogen) atoms. The van der Waals surface area contributed by atoms with Crippen molar-refractivity contribution in [3.05, 3.63) is 24.5 Å². The van der Waals surface area contributed by atoms with E-state index >= 15 is 0 Å². The number of hydrogen-bond donors (Lipinski definition) is 0. The summed E-state index contributed by atoms with van der Waals surface area (Å²) in [6.07, 6.45) is 17.7. The van der Waals surface area contributed by atoms with Crippen molar-refractivity contribution in [2.45, 2.75) is 83.2 Å². The number of hydrogen-bond acceptors (Lipinski definition) is 3. The average molecular weight is 430 g/mol. The number of amides is 1. The fourth-order valence-corrected chi connectivity index (χ4v) is 6.58. The SMILES string of the molecule is COCCN(C[C@@H]1CCCN2CCCC[C@H]12)C(=O)CC1(Cn2cccc2)CCCCC1. The maximum atomic E-state index is 13.7. The van der Waals surface area contributed by atoms with E-state index in [1.54, 1.807) is 7.11 Å². The molecular weight excluding hydrogens is 386 g/mol. The molecule has 2 aliphatic heterocycles. The summed E-state index contributed by atoms with van der Waals surface area (Å²) in [7, 11) is 1.75. The van der Waals surface area contributed by atoms with Gasteiger partial charge >= 0.3 is 0 Å². The van der Waals surface area contributed by atoms with Crippen molar-refractivity contribution in [3.8, 4) is 0 Å². The molecule has 5 heteroatoms. The van der Waals surface area contributed by atoms with Gasteiger partial charge in [0.1, 0.15) is 0 Å². The maximum absolute atomic E-state index is 13.7. The Morgan fingerprint density at radius 3 is 2.58 bits per heavy atom. The summed E-state index contributed by atoms with van der Waals surface area (Å²) in [4.78, 5) is 18.6. The van der Waals surface area contributed by atoms with Gasteiger partial charge in [-0.25, -0.2) is 0 Å². The zero-order valence-corrected chi connectivity index (χ0v) is 19.6. The Balaban J connectivity index is 1.44. The molecule has 5 nitrogen and oxygen atoms in total. The summed E-state index contributed by atoms with van der Waals surface area (Å²) >= 11 is 0. The zero-order chi connectivity index (χ0) is 21.5. The van der Waals surface area contributed by atoms with Crippen LogP contribution in [0.4, 0.5) is 0 Å². The first-order valence-corrected chi connectivity index (χ1v) is 12.8. The molecule has 1 aromatic rings. The fraction of sp³-hybridized carbons (Fsp3) is 0.808. The van der Waals surface area contributed by atoms with E-state index in [0.29, 0.717) is 30.9 Å². The highest BCUT2D eigenvalue weighted by Gasteiger charge is 2.38. The molecule has 1 saturated carbocycles. The van der Waals surface area contributed by atoms with Crippen molar-refractivity contribution in [2.24, 2.45) is 11.3 Å². The van der Waals surface area contributed by atoms with Gasteiger partial charge in [-0.15, -0.1) is 0 Å². The van der Waals surface area contributed by atoms with Crippen LogP contribution in [0.15, 0.2) is 24.5 Å². The molecule has 174 valence electrons. The van der Waals surface area contributed by atoms with E-state index in [1.165, 1.54) is 77.3 Å². The first kappa shape index (κ1) is 22.8. The molecule has 0 aromatic carbocycles. The number of carbonyl (C=O) groups is 1. The van der Waals surface area contributed by atoms with Crippen molar-refractivity contribution < 1.29 is 9.53 Å². The van der Waals surface area contributed by atoms with Gasteiger partial charge in [-0.2, -0.15) is 0 Å². The van der Waals surface area contributed by atoms with Crippen LogP contribution in [-0.4, -0.2) is 66.2 Å². The summed E-state index contributed by atoms with van der Waals surface area (Å²) < 4.78 is 7.70. The predicted molar refractivity (Wildman–Crippen MR) is 125 cm³/mol. The van der Waals surface area contributed by atoms with Gasteiger partial charge in [0.15, 0.2) is 0 Å². The van der Waals surface area contributed by atoms with Gasteiger partial charge in [0.2, 0.25) is 5.91 Å². The van der Waals surface area contributed by atoms with Crippen LogP contribution in [0.3, 0.4) is 0 Å². The van der Waals surface area contributed by atoms with E-state index in [2.05, 4.69) is 38.9 Å². The largest absolute Gasteiger partial charge is 0.383 e. The minimum Gasteiger partial charge on any atom is -0.383 e. The number of fused-ring (bicyclic) bond motifs is 1. The summed E-state index contributed by atoms with van der Waals surface area (Å²) in [5.74, 6) is 0.987. The van der Waals surface area contributed by atoms with Gasteiger partial charge in [-0.05, 0) is 75.1 Å². The van der Waals surface area contributed by atoms with Gasteiger partial charge in [0.25, 0.3) is 0 Å². The first-order valence-electron chi connectivity index (χ1n) is 12.8. The molecule has 3 heterocycles. The van der Waals surface area contributed by atoms with Crippen molar-refractivity contribution >= 4 is 5.91 Å². The van der Waals surface area contributed by atoms with E-state index in [1.807, 2.05) is 0 Å². The summed E-state index contributed by atoms with van der Waals surface area (Å²) in [6.45, 7) is 5.78. The van der Waals surface area contributed by atoms with Crippen molar-refractivity contribution in [2.75, 3.05) is 39.9 Å². The molecule has 1 amide bonds. The molecular formula is C26H43N3O2. The lowest BCUT2D eigenvalue weighted by molar-refractivity contribution is -0.136. The second-order valence-electron chi connectivity index (χ2n) is 10.4. The molecule has 0 unspecified atom stereocenters. The van der Waals surface area contributed by atoms with Crippen molar-refractivity contribution in [1.29, 1.82) is 0 Å². The van der Waals surface area contributed by atoms with Crippen LogP contribution in [0.2, 0.25) is 0 Å². The van der Waals surface area contributed by atoms with E-state index in [4.69, 9.17) is 4.74 Å². The van der Waals surface area contributed by atoms with Crippen LogP contribution in [0, 0.1) is 11.3 Å². The van der Waals surface area contributed by atoms with Gasteiger partial charge in [0.05, 0.1) is 6.61 Å². The van der Waals surface area contributed by atoms with E-state index < -0.39 is 0 Å². The summed E-state index contributed by atoms with van der Waals surface area (Å²) in [5.41, 5.74) is 0.114. The minimum absolute atomic E-state index is 0.114. The molecule has 3 fully saturated rings. The third-order valence-corrected chi connectivity index (χ3v) is 8.23. The summed E-state index contributed by atoms with van der Waals surface area (Å²) in [5, 5.41) is 0. The molecule has 1 aromatic heterocycles. The molecule has 0 spiro atoms. The highest BCUT2D eigenvalue weighted by atomic mass is 16.5. The van der Waals surface area contributed by atoms with Crippen LogP contribution >= 0.6 is 0 Å². The zero-order valence-electron chi connectivity index (χ0n) is 19.6. The Kier molecular flexibility index (Phi) is 8.11. The summed E-state index contributed by atoms with van der Waals surface area (Å²) in [6, 6.07) is 4.88. The van der Waals surface area contributed by atoms with Crippen molar-refractivity contribution in [3.63, 3.8) is 0 Å². The number of rotatable bonds is 9. The molecule has 1 aliphatic carbocycles. The van der Waals surface area contributed by atoms with E-state index in [-0.39, 0.29) is 5.41 Å². The van der Waals surface area contributed by atoms with Gasteiger partial charge < -0.3 is 19.1 Å². The number of ether oxygens (including phenoxy) is 1. The Morgan fingerprint density at radius 2 is 1.81 bits per heavy atom. The number of nitrogens with zero attached hydrogens (tertiary/aromatic N) is 3. The lowest BCUT2D eigenvalue weighted by atomic mass is 9.71. The smallest absolute Gasteiger partial charge is 0.223 e. The Hall–Kier alpha value is -1.33. The second kappa shape index (κ2) is 11.0. The molecule has 0 bridgehead atoms. The van der Waals surface area contributed by atoms with Crippen LogP contribution in [0.1, 0.15) is 70.6 Å². The molecule has 2 atom stereocenters. The minimum atomic E-state index is 0.114. The highest BCUT2D eigenvalue weighted by molar-refractivity contribution is 5.77. The Bertz CT molecular complexity index is 666. The number of methoxy groups -OCH3 is 1. The second-order valence-corrected chi connectivity index (χ2v) is 10.4. The third kappa shape index (κ3) is 5.92. The average Bonchev–Trinajstić information content (AvgIpc) is 3.30. The predicted octanol–water partition coefficient (Wildman–Crippen LogP) is 4.57. The lowest BCUT2D eigenvalue weighted by Crippen LogP contribution is -2.52. The van der Waals surface area contributed by atoms with E-state index in [0.717, 1.165) is 19.6 Å². The monoisotopic (exact) mass is 429 g/mol. The van der Waals surface area contributed by atoms with Crippen molar-refractivity contribution in [1.82, 2.24) is 14.4 Å². The topological polar surface area (TPSA) is 37.7 Å². The van der Waals surface area contributed by atoms with Crippen LogP contribution in [-0.2, 0) is 16.1 Å². The maximum Gasteiger partial charge on any atom is 0.223 e. The van der Waals surface area contributed by atoms with Gasteiger partial charge in [-0.1, -0.05) is 25.7 Å².